The zero-order valence-electron chi connectivity index (χ0n) is 14.4. The number of ether oxygens (including phenoxy) is 1. The highest BCUT2D eigenvalue weighted by molar-refractivity contribution is 6.45. The molecule has 0 spiro atoms. The minimum atomic E-state index is -0.435. The standard InChI is InChI=1S/C20H18Cl2N2O2/c1-3-26-20(25)15-11-23-19-14(9-10-16(21)17(19)22)18(15)24-12(2)13-7-5-4-6-8-13/h4-12H,3H2,1-2H3,(H,23,24). The Balaban J connectivity index is 2.14. The van der Waals surface area contributed by atoms with Crippen molar-refractivity contribution in [1.82, 2.24) is 4.98 Å². The van der Waals surface area contributed by atoms with Gasteiger partial charge in [0.2, 0.25) is 0 Å². The van der Waals surface area contributed by atoms with E-state index in [0.717, 1.165) is 5.56 Å². The fourth-order valence-electron chi connectivity index (χ4n) is 2.77. The van der Waals surface area contributed by atoms with Gasteiger partial charge >= 0.3 is 5.97 Å². The number of pyridine rings is 1. The summed E-state index contributed by atoms with van der Waals surface area (Å²) in [5.74, 6) is -0.435. The van der Waals surface area contributed by atoms with E-state index >= 15 is 0 Å². The third-order valence-electron chi connectivity index (χ3n) is 4.09. The van der Waals surface area contributed by atoms with Gasteiger partial charge in [-0.25, -0.2) is 4.79 Å². The summed E-state index contributed by atoms with van der Waals surface area (Å²) in [5, 5.41) is 4.90. The number of benzene rings is 2. The number of carbonyl (C=O) groups is 1. The number of fused-ring (bicyclic) bond motifs is 1. The van der Waals surface area contributed by atoms with E-state index in [-0.39, 0.29) is 12.6 Å². The van der Waals surface area contributed by atoms with Crippen molar-refractivity contribution in [1.29, 1.82) is 0 Å². The smallest absolute Gasteiger partial charge is 0.341 e. The number of aromatic nitrogens is 1. The van der Waals surface area contributed by atoms with Gasteiger partial charge in [0, 0.05) is 17.6 Å². The Bertz CT molecular complexity index is 945. The Morgan fingerprint density at radius 3 is 2.62 bits per heavy atom. The molecular weight excluding hydrogens is 371 g/mol. The summed E-state index contributed by atoms with van der Waals surface area (Å²) in [4.78, 5) is 16.7. The second-order valence-corrected chi connectivity index (χ2v) is 6.59. The Labute approximate surface area is 162 Å². The van der Waals surface area contributed by atoms with Crippen LogP contribution in [0.25, 0.3) is 10.9 Å². The number of carbonyl (C=O) groups excluding carboxylic acids is 1. The van der Waals surface area contributed by atoms with Gasteiger partial charge in [0.15, 0.2) is 0 Å². The molecule has 0 aliphatic heterocycles. The van der Waals surface area contributed by atoms with E-state index in [1.165, 1.54) is 6.20 Å². The minimum Gasteiger partial charge on any atom is -0.462 e. The molecule has 3 rings (SSSR count). The van der Waals surface area contributed by atoms with Crippen molar-refractivity contribution >= 4 is 45.8 Å². The third kappa shape index (κ3) is 3.62. The molecule has 134 valence electrons. The fourth-order valence-corrected chi connectivity index (χ4v) is 3.13. The number of nitrogens with zero attached hydrogens (tertiary/aromatic N) is 1. The first-order valence-electron chi connectivity index (χ1n) is 8.28. The fraction of sp³-hybridized carbons (Fsp3) is 0.200. The van der Waals surface area contributed by atoms with Crippen LogP contribution in [0.4, 0.5) is 5.69 Å². The Hall–Kier alpha value is -2.30. The molecule has 0 radical (unpaired) electrons. The Morgan fingerprint density at radius 2 is 1.92 bits per heavy atom. The third-order valence-corrected chi connectivity index (χ3v) is 4.88. The number of anilines is 1. The van der Waals surface area contributed by atoms with Gasteiger partial charge in [-0.05, 0) is 31.5 Å². The van der Waals surface area contributed by atoms with Gasteiger partial charge in [-0.15, -0.1) is 0 Å². The van der Waals surface area contributed by atoms with E-state index in [1.807, 2.05) is 37.3 Å². The van der Waals surface area contributed by atoms with E-state index in [9.17, 15) is 4.79 Å². The van der Waals surface area contributed by atoms with Gasteiger partial charge in [-0.2, -0.15) is 0 Å². The summed E-state index contributed by atoms with van der Waals surface area (Å²) in [6.45, 7) is 4.07. The van der Waals surface area contributed by atoms with E-state index in [0.29, 0.717) is 32.2 Å². The van der Waals surface area contributed by atoms with Gasteiger partial charge in [0.1, 0.15) is 5.56 Å². The Kier molecular flexibility index (Phi) is 5.64. The topological polar surface area (TPSA) is 51.2 Å². The Morgan fingerprint density at radius 1 is 1.19 bits per heavy atom. The van der Waals surface area contributed by atoms with Crippen LogP contribution in [0.5, 0.6) is 0 Å². The summed E-state index contributed by atoms with van der Waals surface area (Å²) in [6.07, 6.45) is 1.47. The van der Waals surface area contributed by atoms with Crippen molar-refractivity contribution in [2.45, 2.75) is 19.9 Å². The summed E-state index contributed by atoms with van der Waals surface area (Å²) >= 11 is 12.4. The van der Waals surface area contributed by atoms with Crippen molar-refractivity contribution in [3.63, 3.8) is 0 Å². The monoisotopic (exact) mass is 388 g/mol. The number of hydrogen-bond acceptors (Lipinski definition) is 4. The maximum atomic E-state index is 12.4. The number of hydrogen-bond donors (Lipinski definition) is 1. The molecule has 1 heterocycles. The number of halogens is 2. The molecule has 0 saturated heterocycles. The van der Waals surface area contributed by atoms with Gasteiger partial charge < -0.3 is 10.1 Å². The molecule has 2 aromatic carbocycles. The molecule has 1 N–H and O–H groups in total. The average molecular weight is 389 g/mol. The maximum Gasteiger partial charge on any atom is 0.341 e. The van der Waals surface area contributed by atoms with Crippen molar-refractivity contribution in [2.24, 2.45) is 0 Å². The van der Waals surface area contributed by atoms with Gasteiger partial charge in [-0.3, -0.25) is 4.98 Å². The van der Waals surface area contributed by atoms with Gasteiger partial charge in [0.25, 0.3) is 0 Å². The van der Waals surface area contributed by atoms with Crippen LogP contribution >= 0.6 is 23.2 Å². The van der Waals surface area contributed by atoms with Crippen molar-refractivity contribution in [3.8, 4) is 0 Å². The molecule has 0 fully saturated rings. The second kappa shape index (κ2) is 7.94. The molecule has 1 atom stereocenters. The molecule has 4 nitrogen and oxygen atoms in total. The predicted molar refractivity (Wildman–Crippen MR) is 106 cm³/mol. The minimum absolute atomic E-state index is 0.0376. The summed E-state index contributed by atoms with van der Waals surface area (Å²) in [6, 6.07) is 13.4. The molecule has 26 heavy (non-hydrogen) atoms. The molecule has 1 aromatic heterocycles. The van der Waals surface area contributed by atoms with E-state index < -0.39 is 5.97 Å². The van der Waals surface area contributed by atoms with Crippen LogP contribution in [0.1, 0.15) is 35.8 Å². The first-order chi connectivity index (χ1) is 12.5. The summed E-state index contributed by atoms with van der Waals surface area (Å²) in [7, 11) is 0. The molecule has 0 amide bonds. The second-order valence-electron chi connectivity index (χ2n) is 5.80. The molecule has 0 saturated carbocycles. The number of rotatable bonds is 5. The summed E-state index contributed by atoms with van der Waals surface area (Å²) in [5.41, 5.74) is 2.62. The van der Waals surface area contributed by atoms with Crippen LogP contribution in [-0.2, 0) is 4.74 Å². The summed E-state index contributed by atoms with van der Waals surface area (Å²) < 4.78 is 5.18. The van der Waals surface area contributed by atoms with Crippen LogP contribution in [-0.4, -0.2) is 17.6 Å². The van der Waals surface area contributed by atoms with Crippen molar-refractivity contribution < 1.29 is 9.53 Å². The van der Waals surface area contributed by atoms with Crippen LogP contribution in [0.3, 0.4) is 0 Å². The lowest BCUT2D eigenvalue weighted by atomic mass is 10.1. The number of esters is 1. The van der Waals surface area contributed by atoms with Crippen LogP contribution in [0.2, 0.25) is 10.0 Å². The normalized spacial score (nSPS) is 12.0. The van der Waals surface area contributed by atoms with Crippen LogP contribution < -0.4 is 5.32 Å². The largest absolute Gasteiger partial charge is 0.462 e. The van der Waals surface area contributed by atoms with E-state index in [1.54, 1.807) is 19.1 Å². The molecule has 1 unspecified atom stereocenters. The zero-order valence-corrected chi connectivity index (χ0v) is 15.9. The van der Waals surface area contributed by atoms with Crippen molar-refractivity contribution in [3.05, 3.63) is 69.8 Å². The predicted octanol–water partition coefficient (Wildman–Crippen LogP) is 5.89. The maximum absolute atomic E-state index is 12.4. The van der Waals surface area contributed by atoms with Gasteiger partial charge in [-0.1, -0.05) is 53.5 Å². The average Bonchev–Trinajstić information content (AvgIpc) is 2.65. The molecule has 3 aromatic rings. The quantitative estimate of drug-likeness (QED) is 0.553. The van der Waals surface area contributed by atoms with Crippen LogP contribution in [0, 0.1) is 0 Å². The first-order valence-corrected chi connectivity index (χ1v) is 9.03. The zero-order chi connectivity index (χ0) is 18.7. The first kappa shape index (κ1) is 18.5. The highest BCUT2D eigenvalue weighted by atomic mass is 35.5. The lowest BCUT2D eigenvalue weighted by Gasteiger charge is -2.20. The SMILES string of the molecule is CCOC(=O)c1cnc2c(Cl)c(Cl)ccc2c1NC(C)c1ccccc1. The highest BCUT2D eigenvalue weighted by Gasteiger charge is 2.20. The molecule has 0 aliphatic carbocycles. The lowest BCUT2D eigenvalue weighted by molar-refractivity contribution is 0.0527. The number of nitrogens with one attached hydrogen (secondary N) is 1. The molecule has 0 aliphatic rings. The lowest BCUT2D eigenvalue weighted by Crippen LogP contribution is -2.14. The van der Waals surface area contributed by atoms with E-state index in [2.05, 4.69) is 10.3 Å². The highest BCUT2D eigenvalue weighted by Crippen LogP contribution is 2.36. The molecular formula is C20H18Cl2N2O2. The van der Waals surface area contributed by atoms with E-state index in [4.69, 9.17) is 27.9 Å². The molecule has 6 heteroatoms. The van der Waals surface area contributed by atoms with Gasteiger partial charge in [0.05, 0.1) is 27.9 Å². The van der Waals surface area contributed by atoms with Crippen molar-refractivity contribution in [2.75, 3.05) is 11.9 Å². The molecule has 0 bridgehead atoms. The van der Waals surface area contributed by atoms with Crippen LogP contribution in [0.15, 0.2) is 48.7 Å².